The van der Waals surface area contributed by atoms with Crippen LogP contribution in [0.3, 0.4) is 0 Å². The molecule has 2 rings (SSSR count). The smallest absolute Gasteiger partial charge is 0.103 e. The molecule has 0 unspecified atom stereocenters. The van der Waals surface area contributed by atoms with Crippen LogP contribution in [0.2, 0.25) is 0 Å². The van der Waals surface area contributed by atoms with Gasteiger partial charge < -0.3 is 9.64 Å². The maximum Gasteiger partial charge on any atom is 0.103 e. The van der Waals surface area contributed by atoms with E-state index < -0.39 is 0 Å². The highest BCUT2D eigenvalue weighted by atomic mass is 16.5. The second kappa shape index (κ2) is 4.83. The van der Waals surface area contributed by atoms with Gasteiger partial charge in [-0.2, -0.15) is 0 Å². The summed E-state index contributed by atoms with van der Waals surface area (Å²) in [6.45, 7) is 13.1. The lowest BCUT2D eigenvalue weighted by molar-refractivity contribution is -0.155. The summed E-state index contributed by atoms with van der Waals surface area (Å²) >= 11 is 0. The standard InChI is InChI=1S/C10H17NO.C2H6/c1-9(2)11-7-10(8-11)5-3-4-6-12-10;1-2/h1,3-8H2,2H3;1-2H3. The molecule has 14 heavy (non-hydrogen) atoms. The van der Waals surface area contributed by atoms with E-state index in [4.69, 9.17) is 4.74 Å². The molecule has 0 bridgehead atoms. The molecule has 1 spiro atoms. The summed E-state index contributed by atoms with van der Waals surface area (Å²) in [7, 11) is 0. The normalized spacial score (nSPS) is 23.5. The Hall–Kier alpha value is -0.500. The minimum Gasteiger partial charge on any atom is -0.371 e. The van der Waals surface area contributed by atoms with E-state index in [9.17, 15) is 0 Å². The molecular formula is C12H23NO. The molecular weight excluding hydrogens is 174 g/mol. The summed E-state index contributed by atoms with van der Waals surface area (Å²) in [4.78, 5) is 2.30. The van der Waals surface area contributed by atoms with Crippen molar-refractivity contribution >= 4 is 0 Å². The zero-order valence-electron chi connectivity index (χ0n) is 9.81. The predicted octanol–water partition coefficient (Wildman–Crippen LogP) is 2.80. The molecule has 2 heteroatoms. The monoisotopic (exact) mass is 197 g/mol. The van der Waals surface area contributed by atoms with Gasteiger partial charge in [0.1, 0.15) is 5.60 Å². The number of rotatable bonds is 1. The molecule has 0 radical (unpaired) electrons. The SMILES string of the molecule is C=C(C)N1CC2(CCCCO2)C1.CC. The van der Waals surface area contributed by atoms with E-state index in [1.807, 2.05) is 13.8 Å². The topological polar surface area (TPSA) is 12.5 Å². The Labute approximate surface area is 87.9 Å². The first kappa shape index (κ1) is 11.6. The highest BCUT2D eigenvalue weighted by Gasteiger charge is 2.44. The van der Waals surface area contributed by atoms with Gasteiger partial charge in [-0.25, -0.2) is 0 Å². The zero-order chi connectivity index (χ0) is 10.6. The molecule has 0 aromatic rings. The number of allylic oxidation sites excluding steroid dienone is 1. The van der Waals surface area contributed by atoms with Crippen molar-refractivity contribution in [3.8, 4) is 0 Å². The molecule has 0 aromatic carbocycles. The second-order valence-corrected chi connectivity index (χ2v) is 4.08. The Morgan fingerprint density at radius 3 is 2.36 bits per heavy atom. The largest absolute Gasteiger partial charge is 0.371 e. The Kier molecular flexibility index (Phi) is 3.99. The van der Waals surface area contributed by atoms with Gasteiger partial charge in [-0.15, -0.1) is 0 Å². The maximum atomic E-state index is 5.80. The van der Waals surface area contributed by atoms with Crippen LogP contribution < -0.4 is 0 Å². The van der Waals surface area contributed by atoms with Crippen LogP contribution in [0.25, 0.3) is 0 Å². The Bertz CT molecular complexity index is 186. The summed E-state index contributed by atoms with van der Waals surface area (Å²) in [5, 5.41) is 0. The van der Waals surface area contributed by atoms with Gasteiger partial charge in [-0.1, -0.05) is 20.4 Å². The molecule has 2 saturated heterocycles. The van der Waals surface area contributed by atoms with Crippen LogP contribution in [0.5, 0.6) is 0 Å². The average molecular weight is 197 g/mol. The molecule has 2 aliphatic heterocycles. The molecule has 82 valence electrons. The number of nitrogens with zero attached hydrogens (tertiary/aromatic N) is 1. The maximum absolute atomic E-state index is 5.80. The Morgan fingerprint density at radius 1 is 1.29 bits per heavy atom. The van der Waals surface area contributed by atoms with Crippen molar-refractivity contribution in [3.05, 3.63) is 12.3 Å². The van der Waals surface area contributed by atoms with Crippen molar-refractivity contribution in [2.45, 2.75) is 45.6 Å². The van der Waals surface area contributed by atoms with Crippen molar-refractivity contribution in [2.75, 3.05) is 19.7 Å². The Balaban J connectivity index is 0.000000461. The van der Waals surface area contributed by atoms with E-state index in [1.165, 1.54) is 25.0 Å². The minimum atomic E-state index is 0.219. The van der Waals surface area contributed by atoms with Crippen LogP contribution >= 0.6 is 0 Å². The zero-order valence-corrected chi connectivity index (χ0v) is 9.81. The lowest BCUT2D eigenvalue weighted by Gasteiger charge is -2.52. The molecule has 0 saturated carbocycles. The van der Waals surface area contributed by atoms with Gasteiger partial charge in [0.2, 0.25) is 0 Å². The predicted molar refractivity (Wildman–Crippen MR) is 60.3 cm³/mol. The molecule has 0 aromatic heterocycles. The summed E-state index contributed by atoms with van der Waals surface area (Å²) < 4.78 is 5.80. The first-order valence-corrected chi connectivity index (χ1v) is 5.76. The van der Waals surface area contributed by atoms with E-state index in [0.29, 0.717) is 0 Å². The Morgan fingerprint density at radius 2 is 1.93 bits per heavy atom. The van der Waals surface area contributed by atoms with Gasteiger partial charge >= 0.3 is 0 Å². The number of likely N-dealkylation sites (tertiary alicyclic amines) is 1. The van der Waals surface area contributed by atoms with E-state index >= 15 is 0 Å². The number of ether oxygens (including phenoxy) is 1. The molecule has 2 nitrogen and oxygen atoms in total. The summed E-state index contributed by atoms with van der Waals surface area (Å²) in [6.07, 6.45) is 3.83. The second-order valence-electron chi connectivity index (χ2n) is 4.08. The molecule has 0 aliphatic carbocycles. The van der Waals surface area contributed by atoms with Gasteiger partial charge in [0.25, 0.3) is 0 Å². The van der Waals surface area contributed by atoms with Crippen molar-refractivity contribution in [3.63, 3.8) is 0 Å². The number of hydrogen-bond donors (Lipinski definition) is 0. The molecule has 2 aliphatic rings. The van der Waals surface area contributed by atoms with Crippen molar-refractivity contribution in [1.29, 1.82) is 0 Å². The third-order valence-electron chi connectivity index (χ3n) is 2.93. The minimum absolute atomic E-state index is 0.219. The summed E-state index contributed by atoms with van der Waals surface area (Å²) in [5.41, 5.74) is 1.40. The van der Waals surface area contributed by atoms with Gasteiger partial charge in [0.05, 0.1) is 0 Å². The van der Waals surface area contributed by atoms with Gasteiger partial charge in [0, 0.05) is 25.4 Å². The van der Waals surface area contributed by atoms with Crippen LogP contribution in [-0.2, 0) is 4.74 Å². The number of hydrogen-bond acceptors (Lipinski definition) is 2. The third-order valence-corrected chi connectivity index (χ3v) is 2.93. The lowest BCUT2D eigenvalue weighted by Crippen LogP contribution is -2.63. The first-order valence-electron chi connectivity index (χ1n) is 5.76. The lowest BCUT2D eigenvalue weighted by atomic mass is 9.86. The molecule has 2 heterocycles. The van der Waals surface area contributed by atoms with Crippen LogP contribution in [0.15, 0.2) is 12.3 Å². The van der Waals surface area contributed by atoms with Crippen LogP contribution in [-0.4, -0.2) is 30.2 Å². The van der Waals surface area contributed by atoms with Gasteiger partial charge in [-0.3, -0.25) is 0 Å². The van der Waals surface area contributed by atoms with Crippen molar-refractivity contribution in [1.82, 2.24) is 4.90 Å². The quantitative estimate of drug-likeness (QED) is 0.641. The highest BCUT2D eigenvalue weighted by molar-refractivity contribution is 5.06. The molecule has 0 N–H and O–H groups in total. The fourth-order valence-corrected chi connectivity index (χ4v) is 2.08. The van der Waals surface area contributed by atoms with Crippen LogP contribution in [0.4, 0.5) is 0 Å². The average Bonchev–Trinajstić information content (AvgIpc) is 2.18. The summed E-state index contributed by atoms with van der Waals surface area (Å²) in [6, 6.07) is 0. The van der Waals surface area contributed by atoms with Crippen LogP contribution in [0, 0.1) is 0 Å². The van der Waals surface area contributed by atoms with E-state index in [1.54, 1.807) is 0 Å². The molecule has 0 atom stereocenters. The fraction of sp³-hybridized carbons (Fsp3) is 0.833. The van der Waals surface area contributed by atoms with E-state index in [-0.39, 0.29) is 5.60 Å². The fourth-order valence-electron chi connectivity index (χ4n) is 2.08. The van der Waals surface area contributed by atoms with Crippen molar-refractivity contribution in [2.24, 2.45) is 0 Å². The van der Waals surface area contributed by atoms with Gasteiger partial charge in [0.15, 0.2) is 0 Å². The summed E-state index contributed by atoms with van der Waals surface area (Å²) in [5.74, 6) is 0. The highest BCUT2D eigenvalue weighted by Crippen LogP contribution is 2.35. The van der Waals surface area contributed by atoms with Crippen LogP contribution in [0.1, 0.15) is 40.0 Å². The third kappa shape index (κ3) is 2.30. The van der Waals surface area contributed by atoms with Crippen molar-refractivity contribution < 1.29 is 4.74 Å². The first-order chi connectivity index (χ1) is 6.72. The van der Waals surface area contributed by atoms with Gasteiger partial charge in [-0.05, 0) is 26.2 Å². The van der Waals surface area contributed by atoms with E-state index in [2.05, 4.69) is 18.4 Å². The molecule has 2 fully saturated rings. The van der Waals surface area contributed by atoms with E-state index in [0.717, 1.165) is 19.7 Å². The molecule has 0 amide bonds.